The van der Waals surface area contributed by atoms with Gasteiger partial charge in [0.25, 0.3) is 0 Å². The number of phenols is 2. The fraction of sp³-hybridized carbons (Fsp3) is 0.400. The Morgan fingerprint density at radius 2 is 1.59 bits per heavy atom. The number of phenolic OH excluding ortho intramolecular Hbond substituents is 2. The van der Waals surface area contributed by atoms with E-state index in [2.05, 4.69) is 35.2 Å². The van der Waals surface area contributed by atoms with Crippen molar-refractivity contribution in [2.24, 2.45) is 0 Å². The molecule has 0 spiro atoms. The first-order valence-electron chi connectivity index (χ1n) is 12.7. The van der Waals surface area contributed by atoms with Gasteiger partial charge in [-0.1, -0.05) is 30.7 Å². The lowest BCUT2D eigenvalue weighted by Gasteiger charge is -2.27. The molecule has 2 N–H and O–H groups in total. The molecule has 1 aliphatic heterocycles. The van der Waals surface area contributed by atoms with Crippen LogP contribution in [-0.2, 0) is 19.3 Å². The van der Waals surface area contributed by atoms with E-state index in [0.29, 0.717) is 17.4 Å². The first kappa shape index (κ1) is 22.8. The molecular weight excluding hydrogens is 422 g/mol. The maximum absolute atomic E-state index is 10.2. The molecule has 0 radical (unpaired) electrons. The van der Waals surface area contributed by atoms with Gasteiger partial charge in [-0.2, -0.15) is 0 Å². The van der Waals surface area contributed by atoms with E-state index in [4.69, 9.17) is 4.74 Å². The Bertz CT molecular complexity index is 1100. The number of likely N-dealkylation sites (tertiary alicyclic amines) is 1. The molecule has 0 saturated carbocycles. The zero-order valence-corrected chi connectivity index (χ0v) is 19.9. The van der Waals surface area contributed by atoms with Crippen molar-refractivity contribution in [1.82, 2.24) is 4.90 Å². The molecule has 178 valence electrons. The summed E-state index contributed by atoms with van der Waals surface area (Å²) < 4.78 is 6.00. The second-order valence-electron chi connectivity index (χ2n) is 9.85. The third-order valence-corrected chi connectivity index (χ3v) is 7.43. The van der Waals surface area contributed by atoms with E-state index in [9.17, 15) is 10.2 Å². The zero-order valence-electron chi connectivity index (χ0n) is 19.9. The van der Waals surface area contributed by atoms with Crippen molar-refractivity contribution in [2.75, 3.05) is 26.2 Å². The van der Waals surface area contributed by atoms with Crippen LogP contribution in [0.5, 0.6) is 17.2 Å². The summed E-state index contributed by atoms with van der Waals surface area (Å²) >= 11 is 0. The molecule has 1 fully saturated rings. The van der Waals surface area contributed by atoms with Crippen LogP contribution in [0.3, 0.4) is 0 Å². The van der Waals surface area contributed by atoms with Gasteiger partial charge in [0.15, 0.2) is 0 Å². The predicted octanol–water partition coefficient (Wildman–Crippen LogP) is 5.83. The van der Waals surface area contributed by atoms with Gasteiger partial charge in [0, 0.05) is 6.54 Å². The molecule has 4 nitrogen and oxygen atoms in total. The lowest BCUT2D eigenvalue weighted by atomic mass is 9.78. The van der Waals surface area contributed by atoms with Crippen molar-refractivity contribution in [1.29, 1.82) is 0 Å². The van der Waals surface area contributed by atoms with Gasteiger partial charge in [0.05, 0.1) is 0 Å². The highest BCUT2D eigenvalue weighted by atomic mass is 16.5. The Morgan fingerprint density at radius 1 is 0.824 bits per heavy atom. The van der Waals surface area contributed by atoms with Crippen molar-refractivity contribution < 1.29 is 14.9 Å². The minimum Gasteiger partial charge on any atom is -0.508 e. The second kappa shape index (κ2) is 10.5. The Hall–Kier alpha value is -2.98. The van der Waals surface area contributed by atoms with E-state index < -0.39 is 0 Å². The van der Waals surface area contributed by atoms with Crippen LogP contribution in [0.4, 0.5) is 0 Å². The highest BCUT2D eigenvalue weighted by Crippen LogP contribution is 2.37. The van der Waals surface area contributed by atoms with Crippen LogP contribution >= 0.6 is 0 Å². The smallest absolute Gasteiger partial charge is 0.119 e. The number of aryl methyl sites for hydroxylation is 1. The summed E-state index contributed by atoms with van der Waals surface area (Å²) in [5, 5.41) is 20.2. The van der Waals surface area contributed by atoms with E-state index in [1.165, 1.54) is 60.2 Å². The average molecular weight is 458 g/mol. The number of ether oxygens (including phenoxy) is 1. The topological polar surface area (TPSA) is 52.9 Å². The van der Waals surface area contributed by atoms with Crippen LogP contribution < -0.4 is 4.74 Å². The van der Waals surface area contributed by atoms with Crippen molar-refractivity contribution in [2.45, 2.75) is 50.9 Å². The van der Waals surface area contributed by atoms with Gasteiger partial charge < -0.3 is 14.9 Å². The standard InChI is InChI=1S/C30H35NO3/c32-27-10-8-23-6-7-25(19-26(23)20-27)30-21-28(33)11-9-24(30)18-22-4-12-29(13-5-22)34-17-16-31-14-2-1-3-15-31/h4-5,8-13,20-21,25,32-33H,1-3,6-7,14-19H2. The summed E-state index contributed by atoms with van der Waals surface area (Å²) in [7, 11) is 0. The quantitative estimate of drug-likeness (QED) is 0.469. The Balaban J connectivity index is 1.24. The number of fused-ring (bicyclic) bond motifs is 1. The summed E-state index contributed by atoms with van der Waals surface area (Å²) in [4.78, 5) is 2.50. The van der Waals surface area contributed by atoms with E-state index in [1.54, 1.807) is 12.1 Å². The number of hydrogen-bond donors (Lipinski definition) is 2. The van der Waals surface area contributed by atoms with Crippen LogP contribution in [0, 0.1) is 0 Å². The number of benzene rings is 3. The molecule has 34 heavy (non-hydrogen) atoms. The minimum atomic E-state index is 0.318. The van der Waals surface area contributed by atoms with Crippen LogP contribution in [-0.4, -0.2) is 41.4 Å². The fourth-order valence-corrected chi connectivity index (χ4v) is 5.53. The van der Waals surface area contributed by atoms with Gasteiger partial charge in [0.1, 0.15) is 23.9 Å². The number of rotatable bonds is 7. The summed E-state index contributed by atoms with van der Waals surface area (Å²) in [5.74, 6) is 1.91. The summed E-state index contributed by atoms with van der Waals surface area (Å²) in [6.07, 6.45) is 7.75. The molecule has 0 bridgehead atoms. The summed E-state index contributed by atoms with van der Waals surface area (Å²) in [5.41, 5.74) is 6.26. The fourth-order valence-electron chi connectivity index (χ4n) is 5.53. The van der Waals surface area contributed by atoms with E-state index >= 15 is 0 Å². The first-order chi connectivity index (χ1) is 16.6. The third kappa shape index (κ3) is 5.56. The van der Waals surface area contributed by atoms with E-state index in [0.717, 1.165) is 44.6 Å². The Morgan fingerprint density at radius 3 is 2.41 bits per heavy atom. The number of piperidine rings is 1. The Kier molecular flexibility index (Phi) is 7.05. The molecule has 0 amide bonds. The molecule has 1 atom stereocenters. The van der Waals surface area contributed by atoms with Crippen molar-refractivity contribution in [3.05, 3.63) is 88.5 Å². The van der Waals surface area contributed by atoms with Gasteiger partial charge in [-0.05, 0) is 122 Å². The molecule has 1 aliphatic carbocycles. The number of aromatic hydroxyl groups is 2. The molecule has 2 aliphatic rings. The van der Waals surface area contributed by atoms with E-state index in [-0.39, 0.29) is 0 Å². The van der Waals surface area contributed by atoms with Gasteiger partial charge >= 0.3 is 0 Å². The lowest BCUT2D eigenvalue weighted by molar-refractivity contribution is 0.183. The highest BCUT2D eigenvalue weighted by molar-refractivity contribution is 5.44. The van der Waals surface area contributed by atoms with Gasteiger partial charge in [-0.15, -0.1) is 0 Å². The molecule has 0 aromatic heterocycles. The maximum atomic E-state index is 10.2. The molecule has 1 heterocycles. The maximum Gasteiger partial charge on any atom is 0.119 e. The lowest BCUT2D eigenvalue weighted by Crippen LogP contribution is -2.33. The molecule has 4 heteroatoms. The minimum absolute atomic E-state index is 0.318. The molecule has 5 rings (SSSR count). The van der Waals surface area contributed by atoms with Gasteiger partial charge in [-0.25, -0.2) is 0 Å². The normalized spacial score (nSPS) is 18.4. The summed E-state index contributed by atoms with van der Waals surface area (Å²) in [6, 6.07) is 20.0. The molecule has 1 saturated heterocycles. The van der Waals surface area contributed by atoms with Crippen molar-refractivity contribution >= 4 is 0 Å². The first-order valence-corrected chi connectivity index (χ1v) is 12.7. The van der Waals surface area contributed by atoms with Crippen LogP contribution in [0.2, 0.25) is 0 Å². The SMILES string of the molecule is Oc1ccc2c(c1)CC(c1cc(O)ccc1Cc1ccc(OCCN3CCCCC3)cc1)CC2. The highest BCUT2D eigenvalue weighted by Gasteiger charge is 2.23. The zero-order chi connectivity index (χ0) is 23.3. The van der Waals surface area contributed by atoms with Crippen LogP contribution in [0.25, 0.3) is 0 Å². The van der Waals surface area contributed by atoms with Crippen molar-refractivity contribution in [3.63, 3.8) is 0 Å². The monoisotopic (exact) mass is 457 g/mol. The average Bonchev–Trinajstić information content (AvgIpc) is 2.86. The molecule has 3 aromatic carbocycles. The molecular formula is C30H35NO3. The van der Waals surface area contributed by atoms with Gasteiger partial charge in [-0.3, -0.25) is 4.90 Å². The largest absolute Gasteiger partial charge is 0.508 e. The van der Waals surface area contributed by atoms with E-state index in [1.807, 2.05) is 18.2 Å². The molecule has 1 unspecified atom stereocenters. The number of hydrogen-bond acceptors (Lipinski definition) is 4. The van der Waals surface area contributed by atoms with Crippen molar-refractivity contribution in [3.8, 4) is 17.2 Å². The predicted molar refractivity (Wildman–Crippen MR) is 136 cm³/mol. The van der Waals surface area contributed by atoms with Crippen LogP contribution in [0.15, 0.2) is 60.7 Å². The molecule has 3 aromatic rings. The third-order valence-electron chi connectivity index (χ3n) is 7.43. The Labute approximate surface area is 202 Å². The number of nitrogens with zero attached hydrogens (tertiary/aromatic N) is 1. The van der Waals surface area contributed by atoms with Gasteiger partial charge in [0.2, 0.25) is 0 Å². The summed E-state index contributed by atoms with van der Waals surface area (Å²) in [6.45, 7) is 4.14. The second-order valence-corrected chi connectivity index (χ2v) is 9.85. The van der Waals surface area contributed by atoms with Crippen LogP contribution in [0.1, 0.15) is 59.4 Å².